The fourth-order valence-corrected chi connectivity index (χ4v) is 2.80. The van der Waals surface area contributed by atoms with Crippen LogP contribution in [-0.2, 0) is 0 Å². The Kier molecular flexibility index (Phi) is 6.50. The van der Waals surface area contributed by atoms with Gasteiger partial charge < -0.3 is 9.80 Å². The van der Waals surface area contributed by atoms with Crippen molar-refractivity contribution < 1.29 is 0 Å². The Morgan fingerprint density at radius 3 is 2.00 bits per heavy atom. The molecule has 0 unspecified atom stereocenters. The molecule has 102 valence electrons. The van der Waals surface area contributed by atoms with Crippen molar-refractivity contribution in [3.8, 4) is 0 Å². The van der Waals surface area contributed by atoms with Gasteiger partial charge in [0.2, 0.25) is 0 Å². The first-order valence-corrected chi connectivity index (χ1v) is 7.52. The Bertz CT molecular complexity index is 193. The first-order chi connectivity index (χ1) is 8.07. The van der Waals surface area contributed by atoms with Crippen LogP contribution in [0.15, 0.2) is 0 Å². The minimum atomic E-state index is 0.504. The van der Waals surface area contributed by atoms with Gasteiger partial charge in [-0.2, -0.15) is 0 Å². The van der Waals surface area contributed by atoms with Crippen LogP contribution in [0.2, 0.25) is 0 Å². The smallest absolute Gasteiger partial charge is 0.0110 e. The zero-order valence-electron chi connectivity index (χ0n) is 12.5. The molecule has 0 radical (unpaired) electrons. The molecule has 1 aliphatic heterocycles. The fourth-order valence-electron chi connectivity index (χ4n) is 2.80. The van der Waals surface area contributed by atoms with Gasteiger partial charge in [-0.05, 0) is 18.4 Å². The summed E-state index contributed by atoms with van der Waals surface area (Å²) in [5.41, 5.74) is 0.504. The molecule has 0 aromatic carbocycles. The predicted molar refractivity (Wildman–Crippen MR) is 76.5 cm³/mol. The Balaban J connectivity index is 2.23. The van der Waals surface area contributed by atoms with E-state index in [0.29, 0.717) is 5.41 Å². The molecule has 1 aliphatic rings. The highest BCUT2D eigenvalue weighted by atomic mass is 15.3. The number of hydrogen-bond acceptors (Lipinski definition) is 2. The first-order valence-electron chi connectivity index (χ1n) is 7.52. The minimum Gasteiger partial charge on any atom is -0.301 e. The standard InChI is InChI=1S/C15H32N2/c1-5-7-8-9-15(3,4)14-17-12-10-16(6-2)11-13-17/h5-14H2,1-4H3. The number of unbranched alkanes of at least 4 members (excludes halogenated alkanes) is 2. The van der Waals surface area contributed by atoms with Gasteiger partial charge in [-0.25, -0.2) is 0 Å². The van der Waals surface area contributed by atoms with E-state index in [9.17, 15) is 0 Å². The van der Waals surface area contributed by atoms with Gasteiger partial charge in [-0.3, -0.25) is 0 Å². The fraction of sp³-hybridized carbons (Fsp3) is 1.00. The highest BCUT2D eigenvalue weighted by Gasteiger charge is 2.23. The third-order valence-electron chi connectivity index (χ3n) is 4.02. The maximum atomic E-state index is 2.66. The lowest BCUT2D eigenvalue weighted by molar-refractivity contribution is 0.0955. The maximum absolute atomic E-state index is 2.66. The second-order valence-corrected chi connectivity index (χ2v) is 6.33. The van der Waals surface area contributed by atoms with E-state index >= 15 is 0 Å². The molecule has 0 amide bonds. The summed E-state index contributed by atoms with van der Waals surface area (Å²) in [6, 6.07) is 0. The molecule has 0 aromatic rings. The van der Waals surface area contributed by atoms with Crippen LogP contribution in [0, 0.1) is 5.41 Å². The van der Waals surface area contributed by atoms with E-state index in [1.165, 1.54) is 65.0 Å². The molecule has 17 heavy (non-hydrogen) atoms. The van der Waals surface area contributed by atoms with Crippen molar-refractivity contribution >= 4 is 0 Å². The summed E-state index contributed by atoms with van der Waals surface area (Å²) >= 11 is 0. The van der Waals surface area contributed by atoms with Gasteiger partial charge in [0.1, 0.15) is 0 Å². The molecule has 0 saturated carbocycles. The largest absolute Gasteiger partial charge is 0.301 e. The van der Waals surface area contributed by atoms with Crippen LogP contribution in [0.1, 0.15) is 53.4 Å². The molecule has 0 spiro atoms. The van der Waals surface area contributed by atoms with Gasteiger partial charge in [0.15, 0.2) is 0 Å². The second kappa shape index (κ2) is 7.38. The molecule has 1 heterocycles. The summed E-state index contributed by atoms with van der Waals surface area (Å²) in [5, 5.41) is 0. The molecule has 2 nitrogen and oxygen atoms in total. The molecule has 1 saturated heterocycles. The average Bonchev–Trinajstić information content (AvgIpc) is 2.30. The Morgan fingerprint density at radius 2 is 1.47 bits per heavy atom. The van der Waals surface area contributed by atoms with Gasteiger partial charge in [0.25, 0.3) is 0 Å². The minimum absolute atomic E-state index is 0.504. The van der Waals surface area contributed by atoms with E-state index in [1.807, 2.05) is 0 Å². The topological polar surface area (TPSA) is 6.48 Å². The van der Waals surface area contributed by atoms with E-state index in [1.54, 1.807) is 0 Å². The lowest BCUT2D eigenvalue weighted by atomic mass is 9.86. The number of nitrogens with zero attached hydrogens (tertiary/aromatic N) is 2. The van der Waals surface area contributed by atoms with Crippen molar-refractivity contribution in [1.82, 2.24) is 9.80 Å². The normalized spacial score (nSPS) is 19.8. The summed E-state index contributed by atoms with van der Waals surface area (Å²) in [6.45, 7) is 17.0. The van der Waals surface area contributed by atoms with Crippen LogP contribution in [0.4, 0.5) is 0 Å². The summed E-state index contributed by atoms with van der Waals surface area (Å²) in [5.74, 6) is 0. The number of hydrogen-bond donors (Lipinski definition) is 0. The van der Waals surface area contributed by atoms with E-state index in [-0.39, 0.29) is 0 Å². The van der Waals surface area contributed by atoms with Crippen molar-refractivity contribution in [2.75, 3.05) is 39.3 Å². The summed E-state index contributed by atoms with van der Waals surface area (Å²) in [4.78, 5) is 5.22. The van der Waals surface area contributed by atoms with Gasteiger partial charge in [0, 0.05) is 32.7 Å². The van der Waals surface area contributed by atoms with Crippen molar-refractivity contribution in [3.63, 3.8) is 0 Å². The molecule has 1 fully saturated rings. The summed E-state index contributed by atoms with van der Waals surface area (Å²) in [7, 11) is 0. The van der Waals surface area contributed by atoms with Crippen LogP contribution >= 0.6 is 0 Å². The first kappa shape index (κ1) is 15.0. The number of piperazine rings is 1. The lowest BCUT2D eigenvalue weighted by Gasteiger charge is -2.38. The molecule has 0 aromatic heterocycles. The summed E-state index contributed by atoms with van der Waals surface area (Å²) in [6.07, 6.45) is 5.52. The lowest BCUT2D eigenvalue weighted by Crippen LogP contribution is -2.48. The van der Waals surface area contributed by atoms with Crippen LogP contribution < -0.4 is 0 Å². The Morgan fingerprint density at radius 1 is 0.882 bits per heavy atom. The van der Waals surface area contributed by atoms with Crippen molar-refractivity contribution in [1.29, 1.82) is 0 Å². The molecule has 1 rings (SSSR count). The third kappa shape index (κ3) is 5.87. The van der Waals surface area contributed by atoms with Gasteiger partial charge >= 0.3 is 0 Å². The van der Waals surface area contributed by atoms with Crippen molar-refractivity contribution in [3.05, 3.63) is 0 Å². The van der Waals surface area contributed by atoms with Crippen molar-refractivity contribution in [2.24, 2.45) is 5.41 Å². The third-order valence-corrected chi connectivity index (χ3v) is 4.02. The average molecular weight is 240 g/mol. The van der Waals surface area contributed by atoms with Crippen LogP contribution in [-0.4, -0.2) is 49.1 Å². The van der Waals surface area contributed by atoms with Crippen LogP contribution in [0.3, 0.4) is 0 Å². The van der Waals surface area contributed by atoms with Gasteiger partial charge in [-0.15, -0.1) is 0 Å². The molecular formula is C15H32N2. The monoisotopic (exact) mass is 240 g/mol. The van der Waals surface area contributed by atoms with Crippen LogP contribution in [0.5, 0.6) is 0 Å². The Labute approximate surface area is 108 Å². The number of likely N-dealkylation sites (N-methyl/N-ethyl adjacent to an activating group) is 1. The number of rotatable bonds is 7. The quantitative estimate of drug-likeness (QED) is 0.630. The van der Waals surface area contributed by atoms with E-state index in [4.69, 9.17) is 0 Å². The van der Waals surface area contributed by atoms with E-state index in [2.05, 4.69) is 37.5 Å². The van der Waals surface area contributed by atoms with Crippen LogP contribution in [0.25, 0.3) is 0 Å². The predicted octanol–water partition coefficient (Wildman–Crippen LogP) is 3.23. The zero-order valence-corrected chi connectivity index (χ0v) is 12.5. The molecule has 2 heteroatoms. The Hall–Kier alpha value is -0.0800. The SMILES string of the molecule is CCCCCC(C)(C)CN1CCN(CC)CC1. The summed E-state index contributed by atoms with van der Waals surface area (Å²) < 4.78 is 0. The molecule has 0 N–H and O–H groups in total. The van der Waals surface area contributed by atoms with E-state index < -0.39 is 0 Å². The van der Waals surface area contributed by atoms with Crippen molar-refractivity contribution in [2.45, 2.75) is 53.4 Å². The molecule has 0 bridgehead atoms. The molecular weight excluding hydrogens is 208 g/mol. The highest BCUT2D eigenvalue weighted by Crippen LogP contribution is 2.25. The maximum Gasteiger partial charge on any atom is 0.0110 e. The zero-order chi connectivity index (χ0) is 12.7. The van der Waals surface area contributed by atoms with Gasteiger partial charge in [-0.1, -0.05) is 47.0 Å². The molecule has 0 aliphatic carbocycles. The van der Waals surface area contributed by atoms with E-state index in [0.717, 1.165) is 0 Å². The second-order valence-electron chi connectivity index (χ2n) is 6.33. The molecule has 0 atom stereocenters. The highest BCUT2D eigenvalue weighted by molar-refractivity contribution is 4.78. The van der Waals surface area contributed by atoms with Gasteiger partial charge in [0.05, 0.1) is 0 Å².